The molecule has 1 fully saturated rings. The number of aromatic amines is 1. The first-order chi connectivity index (χ1) is 11.1. The summed E-state index contributed by atoms with van der Waals surface area (Å²) in [6.45, 7) is 6.64. The molecule has 3 rings (SSSR count). The Morgan fingerprint density at radius 2 is 2.30 bits per heavy atom. The minimum atomic E-state index is -0.0637. The predicted molar refractivity (Wildman–Crippen MR) is 89.1 cm³/mol. The molecular formula is C17H24N4O2. The molecule has 0 aliphatic carbocycles. The van der Waals surface area contributed by atoms with Crippen molar-refractivity contribution < 1.29 is 9.47 Å². The second-order valence-electron chi connectivity index (χ2n) is 6.57. The van der Waals surface area contributed by atoms with Gasteiger partial charge in [0.25, 0.3) is 0 Å². The standard InChI is InChI=1S/C17H24N4O2/c1-17(2,13-5-4-6-14(9-13)22-3)11-18-16-19-15(20-21-16)12-7-8-23-10-12/h4-6,9,12H,7-8,10-11H2,1-3H3,(H2,18,19,20,21). The van der Waals surface area contributed by atoms with Crippen molar-refractivity contribution >= 4 is 5.95 Å². The zero-order valence-corrected chi connectivity index (χ0v) is 13.9. The summed E-state index contributed by atoms with van der Waals surface area (Å²) in [5, 5.41) is 10.6. The summed E-state index contributed by atoms with van der Waals surface area (Å²) < 4.78 is 10.7. The molecule has 1 aromatic carbocycles. The quantitative estimate of drug-likeness (QED) is 0.857. The van der Waals surface area contributed by atoms with Crippen LogP contribution in [0, 0.1) is 0 Å². The first-order valence-corrected chi connectivity index (χ1v) is 7.97. The number of H-pyrrole nitrogens is 1. The van der Waals surface area contributed by atoms with E-state index in [-0.39, 0.29) is 5.41 Å². The van der Waals surface area contributed by atoms with Gasteiger partial charge in [-0.2, -0.15) is 4.98 Å². The Kier molecular flexibility index (Phi) is 4.52. The van der Waals surface area contributed by atoms with Crippen molar-refractivity contribution in [1.29, 1.82) is 0 Å². The number of rotatable bonds is 6. The van der Waals surface area contributed by atoms with Gasteiger partial charge in [0.2, 0.25) is 5.95 Å². The van der Waals surface area contributed by atoms with E-state index in [1.165, 1.54) is 5.56 Å². The van der Waals surface area contributed by atoms with E-state index in [2.05, 4.69) is 46.5 Å². The van der Waals surface area contributed by atoms with Crippen LogP contribution >= 0.6 is 0 Å². The van der Waals surface area contributed by atoms with E-state index in [0.29, 0.717) is 11.9 Å². The molecular weight excluding hydrogens is 292 g/mol. The Morgan fingerprint density at radius 3 is 3.04 bits per heavy atom. The van der Waals surface area contributed by atoms with Crippen molar-refractivity contribution in [2.24, 2.45) is 0 Å². The van der Waals surface area contributed by atoms with Gasteiger partial charge in [-0.15, -0.1) is 5.10 Å². The number of nitrogens with zero attached hydrogens (tertiary/aromatic N) is 2. The zero-order chi connectivity index (χ0) is 16.3. The van der Waals surface area contributed by atoms with E-state index in [0.717, 1.165) is 37.8 Å². The maximum atomic E-state index is 5.39. The van der Waals surface area contributed by atoms with Crippen LogP contribution in [0.5, 0.6) is 5.75 Å². The van der Waals surface area contributed by atoms with Gasteiger partial charge in [-0.05, 0) is 24.1 Å². The third-order valence-electron chi connectivity index (χ3n) is 4.36. The predicted octanol–water partition coefficient (Wildman–Crippen LogP) is 2.71. The van der Waals surface area contributed by atoms with Crippen LogP contribution in [0.2, 0.25) is 0 Å². The number of ether oxygens (including phenoxy) is 2. The van der Waals surface area contributed by atoms with Gasteiger partial charge in [0.05, 0.1) is 13.7 Å². The van der Waals surface area contributed by atoms with Crippen LogP contribution in [-0.2, 0) is 10.2 Å². The summed E-state index contributed by atoms with van der Waals surface area (Å²) in [4.78, 5) is 4.54. The molecule has 0 bridgehead atoms. The molecule has 1 aliphatic rings. The molecule has 1 atom stereocenters. The van der Waals surface area contributed by atoms with Crippen molar-refractivity contribution in [3.05, 3.63) is 35.7 Å². The Labute approximate surface area is 136 Å². The first-order valence-electron chi connectivity index (χ1n) is 7.97. The van der Waals surface area contributed by atoms with E-state index >= 15 is 0 Å². The van der Waals surface area contributed by atoms with Gasteiger partial charge in [0.15, 0.2) is 0 Å². The van der Waals surface area contributed by atoms with Crippen molar-refractivity contribution in [2.45, 2.75) is 31.6 Å². The normalized spacial score (nSPS) is 18.1. The number of aromatic nitrogens is 3. The highest BCUT2D eigenvalue weighted by molar-refractivity contribution is 5.35. The molecule has 23 heavy (non-hydrogen) atoms. The fourth-order valence-corrected chi connectivity index (χ4v) is 2.73. The van der Waals surface area contributed by atoms with Crippen LogP contribution in [-0.4, -0.2) is 42.0 Å². The van der Waals surface area contributed by atoms with E-state index in [4.69, 9.17) is 9.47 Å². The second-order valence-corrected chi connectivity index (χ2v) is 6.57. The molecule has 2 aromatic rings. The number of nitrogens with one attached hydrogen (secondary N) is 2. The van der Waals surface area contributed by atoms with E-state index in [1.807, 2.05) is 12.1 Å². The minimum absolute atomic E-state index is 0.0637. The summed E-state index contributed by atoms with van der Waals surface area (Å²) in [5.74, 6) is 2.76. The lowest BCUT2D eigenvalue weighted by molar-refractivity contribution is 0.193. The van der Waals surface area contributed by atoms with Crippen molar-refractivity contribution in [1.82, 2.24) is 15.2 Å². The van der Waals surface area contributed by atoms with Crippen molar-refractivity contribution in [2.75, 3.05) is 32.2 Å². The Bertz CT molecular complexity index is 648. The number of benzene rings is 1. The van der Waals surface area contributed by atoms with Crippen LogP contribution in [0.4, 0.5) is 5.95 Å². The molecule has 0 amide bonds. The van der Waals surface area contributed by atoms with E-state index in [1.54, 1.807) is 7.11 Å². The molecule has 6 heteroatoms. The molecule has 2 N–H and O–H groups in total. The molecule has 2 heterocycles. The Morgan fingerprint density at radius 1 is 1.43 bits per heavy atom. The number of hydrogen-bond donors (Lipinski definition) is 2. The zero-order valence-electron chi connectivity index (χ0n) is 13.9. The molecule has 1 saturated heterocycles. The SMILES string of the molecule is COc1cccc(C(C)(C)CNc2n[nH]c(C3CCOC3)n2)c1. The maximum absolute atomic E-state index is 5.39. The maximum Gasteiger partial charge on any atom is 0.242 e. The van der Waals surface area contributed by atoms with Gasteiger partial charge in [-0.1, -0.05) is 26.0 Å². The molecule has 1 unspecified atom stereocenters. The highest BCUT2D eigenvalue weighted by atomic mass is 16.5. The average molecular weight is 316 g/mol. The highest BCUT2D eigenvalue weighted by Gasteiger charge is 2.24. The lowest BCUT2D eigenvalue weighted by Gasteiger charge is -2.25. The van der Waals surface area contributed by atoms with Crippen LogP contribution < -0.4 is 10.1 Å². The van der Waals surface area contributed by atoms with Gasteiger partial charge in [-0.3, -0.25) is 5.10 Å². The van der Waals surface area contributed by atoms with Crippen molar-refractivity contribution in [3.8, 4) is 5.75 Å². The minimum Gasteiger partial charge on any atom is -0.497 e. The van der Waals surface area contributed by atoms with Crippen molar-refractivity contribution in [3.63, 3.8) is 0 Å². The Hall–Kier alpha value is -2.08. The number of anilines is 1. The van der Waals surface area contributed by atoms with E-state index in [9.17, 15) is 0 Å². The van der Waals surface area contributed by atoms with Gasteiger partial charge in [0, 0.05) is 24.5 Å². The molecule has 1 aliphatic heterocycles. The van der Waals surface area contributed by atoms with Gasteiger partial charge < -0.3 is 14.8 Å². The molecule has 0 spiro atoms. The third-order valence-corrected chi connectivity index (χ3v) is 4.36. The fourth-order valence-electron chi connectivity index (χ4n) is 2.73. The van der Waals surface area contributed by atoms with Gasteiger partial charge in [0.1, 0.15) is 11.6 Å². The molecule has 6 nitrogen and oxygen atoms in total. The van der Waals surface area contributed by atoms with Crippen LogP contribution in [0.25, 0.3) is 0 Å². The third kappa shape index (κ3) is 3.64. The molecule has 0 radical (unpaired) electrons. The monoisotopic (exact) mass is 316 g/mol. The lowest BCUT2D eigenvalue weighted by Crippen LogP contribution is -2.28. The summed E-state index contributed by atoms with van der Waals surface area (Å²) in [5.41, 5.74) is 1.15. The molecule has 0 saturated carbocycles. The highest BCUT2D eigenvalue weighted by Crippen LogP contribution is 2.27. The summed E-state index contributed by atoms with van der Waals surface area (Å²) in [6, 6.07) is 8.16. The Balaban J connectivity index is 1.64. The lowest BCUT2D eigenvalue weighted by atomic mass is 9.84. The van der Waals surface area contributed by atoms with Gasteiger partial charge >= 0.3 is 0 Å². The largest absolute Gasteiger partial charge is 0.497 e. The average Bonchev–Trinajstić information content (AvgIpc) is 3.24. The number of methoxy groups -OCH3 is 1. The molecule has 1 aromatic heterocycles. The van der Waals surface area contributed by atoms with Crippen LogP contribution in [0.3, 0.4) is 0 Å². The first kappa shape index (κ1) is 15.8. The van der Waals surface area contributed by atoms with Crippen LogP contribution in [0.1, 0.15) is 37.6 Å². The van der Waals surface area contributed by atoms with Crippen LogP contribution in [0.15, 0.2) is 24.3 Å². The summed E-state index contributed by atoms with van der Waals surface area (Å²) in [7, 11) is 1.69. The number of hydrogen-bond acceptors (Lipinski definition) is 5. The smallest absolute Gasteiger partial charge is 0.242 e. The topological polar surface area (TPSA) is 72.1 Å². The molecule has 124 valence electrons. The fraction of sp³-hybridized carbons (Fsp3) is 0.529. The summed E-state index contributed by atoms with van der Waals surface area (Å²) in [6.07, 6.45) is 1.00. The van der Waals surface area contributed by atoms with Gasteiger partial charge in [-0.25, -0.2) is 0 Å². The summed E-state index contributed by atoms with van der Waals surface area (Å²) >= 11 is 0. The second kappa shape index (κ2) is 6.58. The van der Waals surface area contributed by atoms with E-state index < -0.39 is 0 Å².